The predicted octanol–water partition coefficient (Wildman–Crippen LogP) is 3.99. The minimum atomic E-state index is -0.818. The molecule has 5 rings (SSSR count). The largest absolute Gasteiger partial charge is 0.464 e. The van der Waals surface area contributed by atoms with Gasteiger partial charge in [-0.05, 0) is 44.4 Å². The van der Waals surface area contributed by atoms with E-state index in [0.29, 0.717) is 46.8 Å². The Morgan fingerprint density at radius 2 is 2.12 bits per heavy atom. The molecule has 7 nitrogen and oxygen atoms in total. The molecule has 1 aromatic carbocycles. The van der Waals surface area contributed by atoms with Crippen LogP contribution in [0, 0.1) is 5.92 Å². The molecule has 0 bridgehead atoms. The first-order chi connectivity index (χ1) is 15.9. The average molecular weight is 470 g/mol. The van der Waals surface area contributed by atoms with Crippen molar-refractivity contribution in [1.82, 2.24) is 5.32 Å². The van der Waals surface area contributed by atoms with Crippen LogP contribution in [-0.4, -0.2) is 31.1 Å². The number of halogens is 1. The molecule has 1 fully saturated rings. The summed E-state index contributed by atoms with van der Waals surface area (Å²) in [5.41, 5.74) is 1.83. The first-order valence-electron chi connectivity index (χ1n) is 11.1. The van der Waals surface area contributed by atoms with Gasteiger partial charge in [-0.3, -0.25) is 9.59 Å². The number of rotatable bonds is 4. The smallest absolute Gasteiger partial charge is 0.336 e. The SMILES string of the molecule is CC1=C(C(=O)OCC2CCCO2)C(c2coc3ccc(Cl)cc3c2=O)C2C(=O)CCC=C2N1. The van der Waals surface area contributed by atoms with E-state index in [2.05, 4.69) is 5.32 Å². The zero-order valence-corrected chi connectivity index (χ0v) is 18.9. The van der Waals surface area contributed by atoms with Crippen LogP contribution >= 0.6 is 11.6 Å². The van der Waals surface area contributed by atoms with E-state index in [1.54, 1.807) is 25.1 Å². The van der Waals surface area contributed by atoms with Gasteiger partial charge in [0, 0.05) is 40.9 Å². The lowest BCUT2D eigenvalue weighted by Crippen LogP contribution is -2.42. The molecule has 1 aromatic heterocycles. The van der Waals surface area contributed by atoms with Gasteiger partial charge in [-0.25, -0.2) is 4.79 Å². The van der Waals surface area contributed by atoms with Gasteiger partial charge in [-0.2, -0.15) is 0 Å². The maximum absolute atomic E-state index is 13.5. The van der Waals surface area contributed by atoms with Crippen LogP contribution in [0.5, 0.6) is 0 Å². The van der Waals surface area contributed by atoms with E-state index in [4.69, 9.17) is 25.5 Å². The highest BCUT2D eigenvalue weighted by molar-refractivity contribution is 6.31. The number of Topliss-reactive ketones (excluding diaryl/α,β-unsaturated/α-hetero) is 1. The van der Waals surface area contributed by atoms with Crippen LogP contribution in [0.4, 0.5) is 0 Å². The van der Waals surface area contributed by atoms with Gasteiger partial charge in [-0.15, -0.1) is 0 Å². The zero-order chi connectivity index (χ0) is 23.1. The lowest BCUT2D eigenvalue weighted by molar-refractivity contribution is -0.143. The van der Waals surface area contributed by atoms with Gasteiger partial charge in [0.1, 0.15) is 18.0 Å². The third-order valence-electron chi connectivity index (χ3n) is 6.56. The highest BCUT2D eigenvalue weighted by atomic mass is 35.5. The Morgan fingerprint density at radius 1 is 1.27 bits per heavy atom. The molecule has 3 atom stereocenters. The maximum Gasteiger partial charge on any atom is 0.336 e. The van der Waals surface area contributed by atoms with Gasteiger partial charge in [0.25, 0.3) is 0 Å². The van der Waals surface area contributed by atoms with E-state index < -0.39 is 17.8 Å². The number of allylic oxidation sites excluding steroid dienone is 3. The lowest BCUT2D eigenvalue weighted by Gasteiger charge is -2.37. The summed E-state index contributed by atoms with van der Waals surface area (Å²) < 4.78 is 16.9. The van der Waals surface area contributed by atoms with Gasteiger partial charge in [0.15, 0.2) is 5.43 Å². The summed E-state index contributed by atoms with van der Waals surface area (Å²) in [5, 5.41) is 3.91. The zero-order valence-electron chi connectivity index (χ0n) is 18.2. The molecular weight excluding hydrogens is 446 g/mol. The fraction of sp³-hybridized carbons (Fsp3) is 0.400. The van der Waals surface area contributed by atoms with E-state index in [1.165, 1.54) is 6.26 Å². The number of carbonyl (C=O) groups excluding carboxylic acids is 2. The monoisotopic (exact) mass is 469 g/mol. The Morgan fingerprint density at radius 3 is 2.91 bits per heavy atom. The van der Waals surface area contributed by atoms with E-state index in [-0.39, 0.29) is 35.1 Å². The van der Waals surface area contributed by atoms with Crippen molar-refractivity contribution >= 4 is 34.3 Å². The minimum absolute atomic E-state index is 0.0347. The summed E-state index contributed by atoms with van der Waals surface area (Å²) in [4.78, 5) is 39.9. The molecule has 1 aliphatic carbocycles. The summed E-state index contributed by atoms with van der Waals surface area (Å²) >= 11 is 6.12. The van der Waals surface area contributed by atoms with Crippen molar-refractivity contribution in [3.63, 3.8) is 0 Å². The Hall–Kier alpha value is -2.90. The summed E-state index contributed by atoms with van der Waals surface area (Å²) in [6, 6.07) is 4.81. The maximum atomic E-state index is 13.5. The van der Waals surface area contributed by atoms with Crippen LogP contribution in [0.3, 0.4) is 0 Å². The van der Waals surface area contributed by atoms with Gasteiger partial charge in [-0.1, -0.05) is 17.7 Å². The summed E-state index contributed by atoms with van der Waals surface area (Å²) in [6.07, 6.45) is 5.89. The Kier molecular flexibility index (Phi) is 5.85. The third kappa shape index (κ3) is 4.00. The van der Waals surface area contributed by atoms with Crippen LogP contribution in [0.25, 0.3) is 11.0 Å². The minimum Gasteiger partial charge on any atom is -0.464 e. The molecule has 0 spiro atoms. The number of nitrogens with one attached hydrogen (secondary N) is 1. The molecule has 2 aromatic rings. The van der Waals surface area contributed by atoms with Gasteiger partial charge >= 0.3 is 5.97 Å². The second kappa shape index (κ2) is 8.80. The third-order valence-corrected chi connectivity index (χ3v) is 6.79. The molecular formula is C25H24ClNO6. The number of carbonyl (C=O) groups is 2. The lowest BCUT2D eigenvalue weighted by atomic mass is 9.71. The topological polar surface area (TPSA) is 94.8 Å². The molecule has 3 heterocycles. The van der Waals surface area contributed by atoms with Crippen LogP contribution in [0.2, 0.25) is 5.02 Å². The predicted molar refractivity (Wildman–Crippen MR) is 122 cm³/mol. The van der Waals surface area contributed by atoms with Crippen molar-refractivity contribution in [2.24, 2.45) is 5.92 Å². The first kappa shape index (κ1) is 21.9. The summed E-state index contributed by atoms with van der Waals surface area (Å²) in [7, 11) is 0. The number of benzene rings is 1. The molecule has 0 radical (unpaired) electrons. The van der Waals surface area contributed by atoms with E-state index >= 15 is 0 Å². The van der Waals surface area contributed by atoms with Crippen molar-refractivity contribution in [3.8, 4) is 0 Å². The molecule has 1 saturated heterocycles. The fourth-order valence-electron chi connectivity index (χ4n) is 4.97. The number of hydrogen-bond acceptors (Lipinski definition) is 7. The summed E-state index contributed by atoms with van der Waals surface area (Å²) in [6.45, 7) is 2.54. The van der Waals surface area contributed by atoms with Crippen LogP contribution < -0.4 is 10.7 Å². The molecule has 33 heavy (non-hydrogen) atoms. The molecule has 172 valence electrons. The fourth-order valence-corrected chi connectivity index (χ4v) is 5.15. The molecule has 3 aliphatic rings. The molecule has 0 saturated carbocycles. The average Bonchev–Trinajstić information content (AvgIpc) is 3.31. The number of esters is 1. The van der Waals surface area contributed by atoms with Crippen LogP contribution in [-0.2, 0) is 19.1 Å². The van der Waals surface area contributed by atoms with E-state index in [1.807, 2.05) is 6.08 Å². The van der Waals surface area contributed by atoms with Crippen molar-refractivity contribution < 1.29 is 23.5 Å². The van der Waals surface area contributed by atoms with Crippen LogP contribution in [0.1, 0.15) is 44.1 Å². The molecule has 2 aliphatic heterocycles. The van der Waals surface area contributed by atoms with Crippen molar-refractivity contribution in [2.45, 2.75) is 44.6 Å². The van der Waals surface area contributed by atoms with Gasteiger partial charge in [0.05, 0.1) is 29.2 Å². The van der Waals surface area contributed by atoms with Crippen molar-refractivity contribution in [3.05, 3.63) is 68.3 Å². The second-order valence-electron chi connectivity index (χ2n) is 8.68. The van der Waals surface area contributed by atoms with Gasteiger partial charge in [0.2, 0.25) is 0 Å². The first-order valence-corrected chi connectivity index (χ1v) is 11.5. The quantitative estimate of drug-likeness (QED) is 0.676. The van der Waals surface area contributed by atoms with E-state index in [0.717, 1.165) is 12.8 Å². The van der Waals surface area contributed by atoms with Crippen LogP contribution in [0.15, 0.2) is 56.7 Å². The van der Waals surface area contributed by atoms with Crippen molar-refractivity contribution in [2.75, 3.05) is 13.2 Å². The Balaban J connectivity index is 1.61. The van der Waals surface area contributed by atoms with E-state index in [9.17, 15) is 14.4 Å². The number of ether oxygens (including phenoxy) is 2. The van der Waals surface area contributed by atoms with Crippen molar-refractivity contribution in [1.29, 1.82) is 0 Å². The highest BCUT2D eigenvalue weighted by Crippen LogP contribution is 2.43. The highest BCUT2D eigenvalue weighted by Gasteiger charge is 2.45. The molecule has 3 unspecified atom stereocenters. The standard InChI is InChI=1S/C25H24ClNO6/c1-13-21(25(30)33-11-15-4-3-9-31-15)22(23-18(27-13)5-2-6-19(23)28)17-12-32-20-8-7-14(26)10-16(20)24(17)29/h5,7-8,10,12,15,22-23,27H,2-4,6,9,11H2,1H3. The molecule has 1 N–H and O–H groups in total. The number of ketones is 1. The number of fused-ring (bicyclic) bond motifs is 2. The molecule has 8 heteroatoms. The second-order valence-corrected chi connectivity index (χ2v) is 9.11. The molecule has 0 amide bonds. The van der Waals surface area contributed by atoms with Gasteiger partial charge < -0.3 is 19.2 Å². The Labute approximate surface area is 195 Å². The normalized spacial score (nSPS) is 25.0. The Bertz CT molecular complexity index is 1250. The summed E-state index contributed by atoms with van der Waals surface area (Å²) in [5.74, 6) is -2.11. The number of hydrogen-bond donors (Lipinski definition) is 1.